The van der Waals surface area contributed by atoms with E-state index in [9.17, 15) is 8.42 Å². The molecule has 2 aliphatic heterocycles. The number of anilines is 1. The highest BCUT2D eigenvalue weighted by atomic mass is 32.2. The van der Waals surface area contributed by atoms with Crippen LogP contribution in [0.3, 0.4) is 0 Å². The minimum atomic E-state index is -3.17. The predicted octanol–water partition coefficient (Wildman–Crippen LogP) is 1.69. The Morgan fingerprint density at radius 1 is 1.32 bits per heavy atom. The minimum Gasteiger partial charge on any atom is -0.335 e. The number of hydrogen-bond donors (Lipinski definition) is 0. The van der Waals surface area contributed by atoms with Crippen LogP contribution in [0.5, 0.6) is 0 Å². The molecule has 118 valence electrons. The summed E-state index contributed by atoms with van der Waals surface area (Å²) >= 11 is 1.63. The molecule has 2 atom stereocenters. The Bertz CT molecular complexity index is 817. The number of fused-ring (bicyclic) bond motifs is 3. The molecule has 0 spiro atoms. The third kappa shape index (κ3) is 2.04. The van der Waals surface area contributed by atoms with Gasteiger partial charge in [-0.1, -0.05) is 0 Å². The van der Waals surface area contributed by atoms with Crippen LogP contribution >= 0.6 is 11.3 Å². The Hall–Kier alpha value is -1.25. The molecule has 2 aliphatic rings. The zero-order chi connectivity index (χ0) is 15.5. The summed E-state index contributed by atoms with van der Waals surface area (Å²) in [7, 11) is -3.17. The quantitative estimate of drug-likeness (QED) is 0.852. The van der Waals surface area contributed by atoms with Crippen LogP contribution < -0.4 is 4.90 Å². The Morgan fingerprint density at radius 3 is 2.82 bits per heavy atom. The second-order valence-electron chi connectivity index (χ2n) is 6.20. The molecule has 0 N–H and O–H groups in total. The second kappa shape index (κ2) is 4.87. The van der Waals surface area contributed by atoms with Gasteiger partial charge in [-0.05, 0) is 31.7 Å². The van der Waals surface area contributed by atoms with E-state index < -0.39 is 10.0 Å². The van der Waals surface area contributed by atoms with E-state index in [0.29, 0.717) is 13.1 Å². The van der Waals surface area contributed by atoms with Gasteiger partial charge in [-0.2, -0.15) is 4.31 Å². The molecular weight excluding hydrogens is 320 g/mol. The van der Waals surface area contributed by atoms with Gasteiger partial charge < -0.3 is 4.90 Å². The van der Waals surface area contributed by atoms with E-state index in [-0.39, 0.29) is 17.3 Å². The van der Waals surface area contributed by atoms with Crippen molar-refractivity contribution < 1.29 is 8.42 Å². The molecule has 0 amide bonds. The molecule has 6 nitrogen and oxygen atoms in total. The Kier molecular flexibility index (Phi) is 3.18. The molecule has 2 aromatic heterocycles. The topological polar surface area (TPSA) is 66.4 Å². The molecule has 8 heteroatoms. The first-order valence-electron chi connectivity index (χ1n) is 7.44. The average molecular weight is 338 g/mol. The third-order valence-electron chi connectivity index (χ3n) is 4.56. The van der Waals surface area contributed by atoms with Gasteiger partial charge >= 0.3 is 0 Å². The minimum absolute atomic E-state index is 0.0548. The summed E-state index contributed by atoms with van der Waals surface area (Å²) in [5.41, 5.74) is 0.962. The number of rotatable bonds is 3. The molecule has 0 saturated carbocycles. The first-order valence-corrected chi connectivity index (χ1v) is 9.82. The van der Waals surface area contributed by atoms with E-state index in [2.05, 4.69) is 14.9 Å². The lowest BCUT2D eigenvalue weighted by Gasteiger charge is -2.34. The van der Waals surface area contributed by atoms with Gasteiger partial charge in [0.2, 0.25) is 16.0 Å². The summed E-state index contributed by atoms with van der Waals surface area (Å²) in [6, 6.07) is 2.24. The fourth-order valence-corrected chi connectivity index (χ4v) is 5.53. The zero-order valence-corrected chi connectivity index (χ0v) is 14.1. The van der Waals surface area contributed by atoms with Crippen LogP contribution in [-0.2, 0) is 10.0 Å². The van der Waals surface area contributed by atoms with E-state index in [1.54, 1.807) is 29.5 Å². The van der Waals surface area contributed by atoms with Crippen molar-refractivity contribution in [1.29, 1.82) is 0 Å². The van der Waals surface area contributed by atoms with Crippen LogP contribution in [0, 0.1) is 0 Å². The number of nitrogens with zero attached hydrogens (tertiary/aromatic N) is 4. The standard InChI is InChI=1S/C14H18N4O2S2/c1-9(2)22(19,20)18-8-10-5-11(18)7-17(10)14-15-6-13-12(16-14)3-4-21-13/h3-4,6,9-11H,5,7-8H2,1-2H3/t10-,11-/m0/s1. The maximum atomic E-state index is 12.4. The number of aromatic nitrogens is 2. The SMILES string of the molecule is CC(C)S(=O)(=O)N1C[C@@H]2C[C@H]1CN2c1ncc2sccc2n1. The van der Waals surface area contributed by atoms with Crippen LogP contribution in [0.25, 0.3) is 10.2 Å². The molecule has 0 aromatic carbocycles. The lowest BCUT2D eigenvalue weighted by Crippen LogP contribution is -2.50. The molecule has 2 fully saturated rings. The first kappa shape index (κ1) is 14.3. The van der Waals surface area contributed by atoms with Crippen LogP contribution in [0.2, 0.25) is 0 Å². The molecule has 22 heavy (non-hydrogen) atoms. The normalized spacial score (nSPS) is 25.7. The van der Waals surface area contributed by atoms with Crippen molar-refractivity contribution >= 4 is 37.5 Å². The van der Waals surface area contributed by atoms with E-state index in [1.165, 1.54) is 0 Å². The number of hydrogen-bond acceptors (Lipinski definition) is 6. The molecule has 0 unspecified atom stereocenters. The van der Waals surface area contributed by atoms with Crippen molar-refractivity contribution in [2.45, 2.75) is 37.6 Å². The summed E-state index contributed by atoms with van der Waals surface area (Å²) in [4.78, 5) is 11.2. The van der Waals surface area contributed by atoms with E-state index in [1.807, 2.05) is 17.6 Å². The maximum absolute atomic E-state index is 12.4. The van der Waals surface area contributed by atoms with Gasteiger partial charge in [-0.25, -0.2) is 18.4 Å². The number of thiophene rings is 1. The maximum Gasteiger partial charge on any atom is 0.226 e. The van der Waals surface area contributed by atoms with Crippen molar-refractivity contribution in [3.05, 3.63) is 17.6 Å². The van der Waals surface area contributed by atoms with Gasteiger partial charge in [0.25, 0.3) is 0 Å². The molecule has 4 heterocycles. The summed E-state index contributed by atoms with van der Waals surface area (Å²) in [5, 5.41) is 1.65. The molecular formula is C14H18N4O2S2. The van der Waals surface area contributed by atoms with Crippen molar-refractivity contribution in [3.8, 4) is 0 Å². The number of sulfonamides is 1. The Labute approximate surface area is 133 Å². The fourth-order valence-electron chi connectivity index (χ4n) is 3.35. The van der Waals surface area contributed by atoms with Gasteiger partial charge in [0, 0.05) is 25.2 Å². The van der Waals surface area contributed by atoms with Crippen LogP contribution in [0.4, 0.5) is 5.95 Å². The lowest BCUT2D eigenvalue weighted by atomic mass is 10.2. The smallest absolute Gasteiger partial charge is 0.226 e. The van der Waals surface area contributed by atoms with Crippen molar-refractivity contribution in [1.82, 2.24) is 14.3 Å². The Morgan fingerprint density at radius 2 is 2.14 bits per heavy atom. The van der Waals surface area contributed by atoms with E-state index in [4.69, 9.17) is 0 Å². The monoisotopic (exact) mass is 338 g/mol. The largest absolute Gasteiger partial charge is 0.335 e. The van der Waals surface area contributed by atoms with E-state index >= 15 is 0 Å². The highest BCUT2D eigenvalue weighted by Gasteiger charge is 2.49. The number of piperazine rings is 1. The molecule has 4 rings (SSSR count). The highest BCUT2D eigenvalue weighted by Crippen LogP contribution is 2.36. The van der Waals surface area contributed by atoms with Gasteiger partial charge in [0.15, 0.2) is 0 Å². The molecule has 0 radical (unpaired) electrons. The highest BCUT2D eigenvalue weighted by molar-refractivity contribution is 7.89. The van der Waals surface area contributed by atoms with E-state index in [0.717, 1.165) is 22.6 Å². The van der Waals surface area contributed by atoms with Gasteiger partial charge in [0.1, 0.15) is 0 Å². The molecule has 2 bridgehead atoms. The third-order valence-corrected chi connectivity index (χ3v) is 7.69. The van der Waals surface area contributed by atoms with Gasteiger partial charge in [0.05, 0.1) is 21.7 Å². The zero-order valence-electron chi connectivity index (χ0n) is 12.5. The molecule has 2 saturated heterocycles. The summed E-state index contributed by atoms with van der Waals surface area (Å²) < 4.78 is 27.5. The summed E-state index contributed by atoms with van der Waals surface area (Å²) in [5.74, 6) is 0.722. The predicted molar refractivity (Wildman–Crippen MR) is 87.7 cm³/mol. The van der Waals surface area contributed by atoms with Crippen LogP contribution in [-0.4, -0.2) is 53.1 Å². The van der Waals surface area contributed by atoms with Gasteiger partial charge in [-0.3, -0.25) is 0 Å². The fraction of sp³-hybridized carbons (Fsp3) is 0.571. The second-order valence-corrected chi connectivity index (χ2v) is 9.59. The summed E-state index contributed by atoms with van der Waals surface area (Å²) in [6.07, 6.45) is 2.73. The molecule has 2 aromatic rings. The Balaban J connectivity index is 1.59. The van der Waals surface area contributed by atoms with Crippen molar-refractivity contribution in [2.75, 3.05) is 18.0 Å². The van der Waals surface area contributed by atoms with Gasteiger partial charge in [-0.15, -0.1) is 11.3 Å². The first-order chi connectivity index (χ1) is 10.5. The van der Waals surface area contributed by atoms with Crippen LogP contribution in [0.1, 0.15) is 20.3 Å². The van der Waals surface area contributed by atoms with Crippen molar-refractivity contribution in [3.63, 3.8) is 0 Å². The van der Waals surface area contributed by atoms with Crippen molar-refractivity contribution in [2.24, 2.45) is 0 Å². The van der Waals surface area contributed by atoms with Crippen LogP contribution in [0.15, 0.2) is 17.6 Å². The average Bonchev–Trinajstić information content (AvgIpc) is 3.20. The summed E-state index contributed by atoms with van der Waals surface area (Å²) in [6.45, 7) is 4.72. The molecule has 0 aliphatic carbocycles. The lowest BCUT2D eigenvalue weighted by molar-refractivity contribution is 0.363.